The van der Waals surface area contributed by atoms with Gasteiger partial charge in [0.15, 0.2) is 0 Å². The van der Waals surface area contributed by atoms with E-state index in [1.54, 1.807) is 23.8 Å². The number of nitrogens with one attached hydrogen (secondary N) is 1. The molecule has 1 N–H and O–H groups in total. The van der Waals surface area contributed by atoms with Crippen molar-refractivity contribution in [1.82, 2.24) is 9.88 Å². The largest absolute Gasteiger partial charge is 0.495 e. The number of carbonyl (C=O) groups is 2. The van der Waals surface area contributed by atoms with Crippen molar-refractivity contribution in [1.29, 1.82) is 0 Å². The molecule has 1 saturated carbocycles. The van der Waals surface area contributed by atoms with E-state index < -0.39 is 17.4 Å². The number of hydrogen-bond donors (Lipinski definition) is 1. The molecule has 7 heteroatoms. The van der Waals surface area contributed by atoms with Gasteiger partial charge in [0.1, 0.15) is 16.9 Å². The minimum Gasteiger partial charge on any atom is -0.495 e. The summed E-state index contributed by atoms with van der Waals surface area (Å²) in [5.74, 6) is -0.405. The molecule has 1 aromatic heterocycles. The number of carbonyl (C=O) groups excluding carboxylic acids is 2. The minimum atomic E-state index is -1.08. The number of benzene rings is 1. The van der Waals surface area contributed by atoms with Crippen LogP contribution in [0.5, 0.6) is 5.75 Å². The van der Waals surface area contributed by atoms with Gasteiger partial charge < -0.3 is 19.4 Å². The van der Waals surface area contributed by atoms with Crippen LogP contribution in [0.3, 0.4) is 0 Å². The standard InChI is InChI=1S/C23H30N2O5/c1-4-5-14-25-19-16(10-9-11-18(19)29-2)15-17(21(25)27)20(26)24-23(22(28)30-3)12-7-6-8-13-23/h9-11,15H,4-8,12-14H2,1-3H3,(H,24,26). The summed E-state index contributed by atoms with van der Waals surface area (Å²) in [6.45, 7) is 2.53. The fourth-order valence-electron chi connectivity index (χ4n) is 4.28. The molecule has 7 nitrogen and oxygen atoms in total. The first kappa shape index (κ1) is 21.9. The zero-order chi connectivity index (χ0) is 21.7. The highest BCUT2D eigenvalue weighted by Gasteiger charge is 2.42. The van der Waals surface area contributed by atoms with E-state index in [9.17, 15) is 14.4 Å². The second-order valence-corrected chi connectivity index (χ2v) is 7.85. The molecule has 1 amide bonds. The zero-order valence-electron chi connectivity index (χ0n) is 18.0. The van der Waals surface area contributed by atoms with Crippen LogP contribution >= 0.6 is 0 Å². The lowest BCUT2D eigenvalue weighted by Gasteiger charge is -2.35. The molecular weight excluding hydrogens is 384 g/mol. The minimum absolute atomic E-state index is 0.0284. The fourth-order valence-corrected chi connectivity index (χ4v) is 4.28. The molecule has 1 aliphatic carbocycles. The Morgan fingerprint density at radius 3 is 2.53 bits per heavy atom. The van der Waals surface area contributed by atoms with Crippen molar-refractivity contribution in [3.05, 3.63) is 40.2 Å². The van der Waals surface area contributed by atoms with Gasteiger partial charge in [-0.2, -0.15) is 0 Å². The van der Waals surface area contributed by atoms with Crippen molar-refractivity contribution in [3.8, 4) is 5.75 Å². The van der Waals surface area contributed by atoms with Crippen LogP contribution < -0.4 is 15.6 Å². The second kappa shape index (κ2) is 9.32. The number of methoxy groups -OCH3 is 2. The highest BCUT2D eigenvalue weighted by Crippen LogP contribution is 2.30. The van der Waals surface area contributed by atoms with Gasteiger partial charge in [-0.05, 0) is 31.4 Å². The first-order chi connectivity index (χ1) is 14.5. The van der Waals surface area contributed by atoms with Gasteiger partial charge in [-0.15, -0.1) is 0 Å². The number of ether oxygens (including phenoxy) is 2. The van der Waals surface area contributed by atoms with Gasteiger partial charge in [0.2, 0.25) is 0 Å². The first-order valence-corrected chi connectivity index (χ1v) is 10.6. The van der Waals surface area contributed by atoms with E-state index in [1.807, 2.05) is 19.1 Å². The van der Waals surface area contributed by atoms with Crippen LogP contribution in [0.1, 0.15) is 62.2 Å². The third kappa shape index (κ3) is 4.06. The molecule has 0 radical (unpaired) electrons. The topological polar surface area (TPSA) is 86.6 Å². The molecule has 1 fully saturated rings. The van der Waals surface area contributed by atoms with E-state index in [4.69, 9.17) is 9.47 Å². The second-order valence-electron chi connectivity index (χ2n) is 7.85. The summed E-state index contributed by atoms with van der Waals surface area (Å²) in [6.07, 6.45) is 5.38. The molecule has 0 atom stereocenters. The summed E-state index contributed by atoms with van der Waals surface area (Å²) in [7, 11) is 2.89. The van der Waals surface area contributed by atoms with Gasteiger partial charge >= 0.3 is 5.97 Å². The van der Waals surface area contributed by atoms with E-state index in [0.717, 1.165) is 37.5 Å². The van der Waals surface area contributed by atoms with Gasteiger partial charge in [-0.3, -0.25) is 9.59 Å². The van der Waals surface area contributed by atoms with Crippen LogP contribution in [0.25, 0.3) is 10.9 Å². The number of fused-ring (bicyclic) bond motifs is 1. The van der Waals surface area contributed by atoms with Crippen molar-refractivity contribution < 1.29 is 19.1 Å². The summed E-state index contributed by atoms with van der Waals surface area (Å²) in [6, 6.07) is 7.08. The van der Waals surface area contributed by atoms with Gasteiger partial charge in [-0.1, -0.05) is 44.7 Å². The summed E-state index contributed by atoms with van der Waals surface area (Å²) in [5, 5.41) is 3.60. The molecule has 30 heavy (non-hydrogen) atoms. The summed E-state index contributed by atoms with van der Waals surface area (Å²) >= 11 is 0. The van der Waals surface area contributed by atoms with Crippen molar-refractivity contribution in [3.63, 3.8) is 0 Å². The van der Waals surface area contributed by atoms with Crippen LogP contribution in [0.2, 0.25) is 0 Å². The van der Waals surface area contributed by atoms with Gasteiger partial charge in [0.05, 0.1) is 19.7 Å². The molecule has 0 aliphatic heterocycles. The third-order valence-corrected chi connectivity index (χ3v) is 5.91. The molecule has 0 unspecified atom stereocenters. The van der Waals surface area contributed by atoms with Crippen molar-refractivity contribution in [2.75, 3.05) is 14.2 Å². The predicted octanol–water partition coefficient (Wildman–Crippen LogP) is 3.42. The number of aromatic nitrogens is 1. The maximum atomic E-state index is 13.3. The highest BCUT2D eigenvalue weighted by atomic mass is 16.5. The average Bonchev–Trinajstić information content (AvgIpc) is 2.77. The lowest BCUT2D eigenvalue weighted by Crippen LogP contribution is -2.56. The predicted molar refractivity (Wildman–Crippen MR) is 115 cm³/mol. The number of unbranched alkanes of at least 4 members (excludes halogenated alkanes) is 1. The molecule has 1 aliphatic rings. The van der Waals surface area contributed by atoms with Crippen LogP contribution in [0.15, 0.2) is 29.1 Å². The van der Waals surface area contributed by atoms with Crippen molar-refractivity contribution in [2.45, 2.75) is 64.0 Å². The monoisotopic (exact) mass is 414 g/mol. The third-order valence-electron chi connectivity index (χ3n) is 5.91. The Bertz CT molecular complexity index is 989. The number of hydrogen-bond acceptors (Lipinski definition) is 5. The Morgan fingerprint density at radius 2 is 1.90 bits per heavy atom. The first-order valence-electron chi connectivity index (χ1n) is 10.6. The van der Waals surface area contributed by atoms with Crippen LogP contribution in [-0.4, -0.2) is 36.2 Å². The SMILES string of the molecule is CCCCn1c(=O)c(C(=O)NC2(C(=O)OC)CCCCC2)cc2cccc(OC)c21. The van der Waals surface area contributed by atoms with E-state index in [0.29, 0.717) is 30.7 Å². The molecule has 3 rings (SSSR count). The van der Waals surface area contributed by atoms with Crippen LogP contribution in [-0.2, 0) is 16.1 Å². The Hall–Kier alpha value is -2.83. The van der Waals surface area contributed by atoms with Crippen molar-refractivity contribution >= 4 is 22.8 Å². The molecule has 162 valence electrons. The Labute approximate surface area is 176 Å². The normalized spacial score (nSPS) is 15.6. The summed E-state index contributed by atoms with van der Waals surface area (Å²) in [4.78, 5) is 39.0. The van der Waals surface area contributed by atoms with Gasteiger partial charge in [-0.25, -0.2) is 4.79 Å². The maximum absolute atomic E-state index is 13.3. The molecule has 1 aromatic carbocycles. The molecule has 2 aromatic rings. The summed E-state index contributed by atoms with van der Waals surface area (Å²) in [5.41, 5.74) is -0.751. The molecule has 0 bridgehead atoms. The zero-order valence-corrected chi connectivity index (χ0v) is 18.0. The molecule has 0 spiro atoms. The fraction of sp³-hybridized carbons (Fsp3) is 0.522. The van der Waals surface area contributed by atoms with Crippen molar-refractivity contribution in [2.24, 2.45) is 0 Å². The Kier molecular flexibility index (Phi) is 6.80. The number of amides is 1. The van der Waals surface area contributed by atoms with Gasteiger partial charge in [0, 0.05) is 11.9 Å². The quantitative estimate of drug-likeness (QED) is 0.702. The smallest absolute Gasteiger partial charge is 0.331 e. The van der Waals surface area contributed by atoms with Gasteiger partial charge in [0.25, 0.3) is 11.5 Å². The number of esters is 1. The van der Waals surface area contributed by atoms with E-state index in [1.165, 1.54) is 7.11 Å². The number of nitrogens with zero attached hydrogens (tertiary/aromatic N) is 1. The lowest BCUT2D eigenvalue weighted by molar-refractivity contribution is -0.149. The Morgan fingerprint density at radius 1 is 1.17 bits per heavy atom. The number of pyridine rings is 1. The number of para-hydroxylation sites is 1. The average molecular weight is 415 g/mol. The van der Waals surface area contributed by atoms with E-state index in [-0.39, 0.29) is 11.1 Å². The maximum Gasteiger partial charge on any atom is 0.331 e. The lowest BCUT2D eigenvalue weighted by atomic mass is 9.81. The highest BCUT2D eigenvalue weighted by molar-refractivity contribution is 6.01. The van der Waals surface area contributed by atoms with E-state index >= 15 is 0 Å². The van der Waals surface area contributed by atoms with Crippen LogP contribution in [0, 0.1) is 0 Å². The molecular formula is C23H30N2O5. The number of aryl methyl sites for hydroxylation is 1. The summed E-state index contributed by atoms with van der Waals surface area (Å²) < 4.78 is 12.1. The molecule has 0 saturated heterocycles. The van der Waals surface area contributed by atoms with E-state index in [2.05, 4.69) is 5.32 Å². The Balaban J connectivity index is 2.08. The van der Waals surface area contributed by atoms with Crippen LogP contribution in [0.4, 0.5) is 0 Å². The molecule has 1 heterocycles. The number of rotatable bonds is 7.